The largest absolute Gasteiger partial charge is 0.396 e. The lowest BCUT2D eigenvalue weighted by molar-refractivity contribution is 0.217. The Morgan fingerprint density at radius 2 is 2.07 bits per heavy atom. The van der Waals surface area contributed by atoms with Crippen LogP contribution in [0.15, 0.2) is 18.2 Å². The molecule has 3 heteroatoms. The zero-order valence-corrected chi connectivity index (χ0v) is 10.4. The van der Waals surface area contributed by atoms with Crippen molar-refractivity contribution < 1.29 is 5.11 Å². The minimum absolute atomic E-state index is 0.205. The lowest BCUT2D eigenvalue weighted by atomic mass is 9.96. The third-order valence-electron chi connectivity index (χ3n) is 2.50. The van der Waals surface area contributed by atoms with Crippen LogP contribution in [-0.2, 0) is 6.42 Å². The first-order chi connectivity index (χ1) is 7.19. The molecule has 0 aliphatic heterocycles. The summed E-state index contributed by atoms with van der Waals surface area (Å²) >= 11 is 12.0. The highest BCUT2D eigenvalue weighted by Crippen LogP contribution is 2.28. The third-order valence-corrected chi connectivity index (χ3v) is 3.35. The van der Waals surface area contributed by atoms with Crippen LogP contribution >= 0.6 is 23.2 Å². The molecule has 1 aromatic rings. The van der Waals surface area contributed by atoms with Gasteiger partial charge in [0.05, 0.1) is 10.0 Å². The van der Waals surface area contributed by atoms with E-state index in [9.17, 15) is 5.11 Å². The molecule has 0 amide bonds. The van der Waals surface area contributed by atoms with Crippen LogP contribution < -0.4 is 0 Å². The van der Waals surface area contributed by atoms with Gasteiger partial charge >= 0.3 is 0 Å². The van der Waals surface area contributed by atoms with Crippen molar-refractivity contribution in [2.45, 2.75) is 26.2 Å². The Balaban J connectivity index is 2.74. The number of hydrogen-bond acceptors (Lipinski definition) is 1. The van der Waals surface area contributed by atoms with Crippen molar-refractivity contribution in [3.05, 3.63) is 33.8 Å². The smallest absolute Gasteiger partial charge is 0.0624 e. The number of benzene rings is 1. The Hall–Kier alpha value is -0.240. The maximum atomic E-state index is 9.20. The predicted octanol–water partition coefficient (Wildman–Crippen LogP) is 3.94. The molecule has 0 aliphatic carbocycles. The standard InChI is InChI=1S/C12H16Cl2O/c1-2-4-9(8-15)7-10-5-3-6-11(13)12(10)14/h3,5-6,9,15H,2,4,7-8H2,1H3. The highest BCUT2D eigenvalue weighted by molar-refractivity contribution is 6.42. The molecule has 1 unspecified atom stereocenters. The van der Waals surface area contributed by atoms with E-state index in [1.807, 2.05) is 12.1 Å². The summed E-state index contributed by atoms with van der Waals surface area (Å²) in [6.45, 7) is 2.32. The van der Waals surface area contributed by atoms with Gasteiger partial charge in [0.15, 0.2) is 0 Å². The van der Waals surface area contributed by atoms with Crippen LogP contribution in [0.1, 0.15) is 25.3 Å². The van der Waals surface area contributed by atoms with Gasteiger partial charge in [0.25, 0.3) is 0 Å². The number of halogens is 2. The molecule has 0 bridgehead atoms. The average Bonchev–Trinajstić information content (AvgIpc) is 2.24. The van der Waals surface area contributed by atoms with Gasteiger partial charge < -0.3 is 5.11 Å². The van der Waals surface area contributed by atoms with Crippen molar-refractivity contribution in [3.8, 4) is 0 Å². The van der Waals surface area contributed by atoms with E-state index in [-0.39, 0.29) is 12.5 Å². The highest BCUT2D eigenvalue weighted by atomic mass is 35.5. The van der Waals surface area contributed by atoms with Gasteiger partial charge in [0.1, 0.15) is 0 Å². The molecule has 1 nitrogen and oxygen atoms in total. The summed E-state index contributed by atoms with van der Waals surface area (Å²) < 4.78 is 0. The fraction of sp³-hybridized carbons (Fsp3) is 0.500. The topological polar surface area (TPSA) is 20.2 Å². The van der Waals surface area contributed by atoms with E-state index in [0.717, 1.165) is 24.8 Å². The maximum absolute atomic E-state index is 9.20. The summed E-state index contributed by atoms with van der Waals surface area (Å²) in [6, 6.07) is 5.64. The Morgan fingerprint density at radius 3 is 2.67 bits per heavy atom. The lowest BCUT2D eigenvalue weighted by Crippen LogP contribution is -2.09. The molecule has 84 valence electrons. The van der Waals surface area contributed by atoms with E-state index >= 15 is 0 Å². The fourth-order valence-corrected chi connectivity index (χ4v) is 2.08. The Labute approximate surface area is 101 Å². The summed E-state index contributed by atoms with van der Waals surface area (Å²) in [5.74, 6) is 0.283. The molecule has 0 fully saturated rings. The molecule has 1 rings (SSSR count). The second-order valence-electron chi connectivity index (χ2n) is 3.75. The second-order valence-corrected chi connectivity index (χ2v) is 4.54. The highest BCUT2D eigenvalue weighted by Gasteiger charge is 2.11. The minimum atomic E-state index is 0.205. The van der Waals surface area contributed by atoms with Crippen LogP contribution in [0.4, 0.5) is 0 Å². The summed E-state index contributed by atoms with van der Waals surface area (Å²) in [5.41, 5.74) is 1.02. The molecule has 0 heterocycles. The Morgan fingerprint density at radius 1 is 1.33 bits per heavy atom. The molecule has 1 aromatic carbocycles. The lowest BCUT2D eigenvalue weighted by Gasteiger charge is -2.14. The summed E-state index contributed by atoms with van der Waals surface area (Å²) in [5, 5.41) is 10.4. The normalized spacial score (nSPS) is 12.8. The van der Waals surface area contributed by atoms with Gasteiger partial charge in [-0.1, -0.05) is 48.7 Å². The van der Waals surface area contributed by atoms with Gasteiger partial charge in [-0.2, -0.15) is 0 Å². The summed E-state index contributed by atoms with van der Waals surface area (Å²) in [7, 11) is 0. The van der Waals surface area contributed by atoms with Crippen molar-refractivity contribution in [1.82, 2.24) is 0 Å². The molecule has 0 aromatic heterocycles. The first kappa shape index (κ1) is 12.8. The van der Waals surface area contributed by atoms with E-state index in [0.29, 0.717) is 10.0 Å². The molecule has 1 N–H and O–H groups in total. The molecule has 0 radical (unpaired) electrons. The van der Waals surface area contributed by atoms with Crippen molar-refractivity contribution >= 4 is 23.2 Å². The van der Waals surface area contributed by atoms with Gasteiger partial charge in [-0.3, -0.25) is 0 Å². The quantitative estimate of drug-likeness (QED) is 0.835. The first-order valence-electron chi connectivity index (χ1n) is 5.22. The van der Waals surface area contributed by atoms with Crippen molar-refractivity contribution in [2.75, 3.05) is 6.61 Å². The van der Waals surface area contributed by atoms with E-state index in [1.165, 1.54) is 0 Å². The van der Waals surface area contributed by atoms with E-state index in [2.05, 4.69) is 6.92 Å². The fourth-order valence-electron chi connectivity index (χ4n) is 1.68. The van der Waals surface area contributed by atoms with Gasteiger partial charge in [-0.05, 0) is 30.4 Å². The minimum Gasteiger partial charge on any atom is -0.396 e. The van der Waals surface area contributed by atoms with Crippen LogP contribution in [0.25, 0.3) is 0 Å². The number of hydrogen-bond donors (Lipinski definition) is 1. The molecule has 15 heavy (non-hydrogen) atoms. The average molecular weight is 247 g/mol. The molecular weight excluding hydrogens is 231 g/mol. The van der Waals surface area contributed by atoms with Crippen molar-refractivity contribution in [1.29, 1.82) is 0 Å². The number of aliphatic hydroxyl groups is 1. The van der Waals surface area contributed by atoms with Crippen LogP contribution in [0.2, 0.25) is 10.0 Å². The van der Waals surface area contributed by atoms with Crippen LogP contribution in [-0.4, -0.2) is 11.7 Å². The Kier molecular flexibility index (Phi) is 5.44. The Bertz CT molecular complexity index is 312. The SMILES string of the molecule is CCCC(CO)Cc1cccc(Cl)c1Cl. The molecule has 0 saturated carbocycles. The van der Waals surface area contributed by atoms with Crippen molar-refractivity contribution in [2.24, 2.45) is 5.92 Å². The van der Waals surface area contributed by atoms with E-state index in [1.54, 1.807) is 6.07 Å². The third kappa shape index (κ3) is 3.67. The summed E-state index contributed by atoms with van der Waals surface area (Å²) in [4.78, 5) is 0. The molecule has 0 saturated heterocycles. The van der Waals surface area contributed by atoms with E-state index in [4.69, 9.17) is 23.2 Å². The van der Waals surface area contributed by atoms with Crippen LogP contribution in [0.5, 0.6) is 0 Å². The van der Waals surface area contributed by atoms with Crippen LogP contribution in [0, 0.1) is 5.92 Å². The molecule has 1 atom stereocenters. The zero-order chi connectivity index (χ0) is 11.3. The van der Waals surface area contributed by atoms with Crippen molar-refractivity contribution in [3.63, 3.8) is 0 Å². The molecule has 0 aliphatic rings. The second kappa shape index (κ2) is 6.37. The van der Waals surface area contributed by atoms with Gasteiger partial charge in [0.2, 0.25) is 0 Å². The maximum Gasteiger partial charge on any atom is 0.0624 e. The van der Waals surface area contributed by atoms with Gasteiger partial charge in [0, 0.05) is 6.61 Å². The molecule has 0 spiro atoms. The number of aliphatic hydroxyl groups excluding tert-OH is 1. The van der Waals surface area contributed by atoms with Gasteiger partial charge in [-0.15, -0.1) is 0 Å². The van der Waals surface area contributed by atoms with Gasteiger partial charge in [-0.25, -0.2) is 0 Å². The summed E-state index contributed by atoms with van der Waals surface area (Å²) in [6.07, 6.45) is 2.88. The molecular formula is C12H16Cl2O. The monoisotopic (exact) mass is 246 g/mol. The zero-order valence-electron chi connectivity index (χ0n) is 8.84. The van der Waals surface area contributed by atoms with Crippen LogP contribution in [0.3, 0.4) is 0 Å². The predicted molar refractivity (Wildman–Crippen MR) is 65.6 cm³/mol. The first-order valence-corrected chi connectivity index (χ1v) is 5.98. The number of rotatable bonds is 5. The van der Waals surface area contributed by atoms with E-state index < -0.39 is 0 Å².